The van der Waals surface area contributed by atoms with Crippen molar-refractivity contribution >= 4 is 40.4 Å². The summed E-state index contributed by atoms with van der Waals surface area (Å²) in [5, 5.41) is 11.2. The van der Waals surface area contributed by atoms with Crippen molar-refractivity contribution in [3.8, 4) is 0 Å². The standard InChI is InChI=1S/C12H12Cl2N4OS/c1-5-10(20-7(3)15-5)6(2)16-12(19)8-4-9(13)17-18-11(8)14/h4,6H,1-3H3,(H,16,19). The zero-order valence-corrected chi connectivity index (χ0v) is 13.4. The van der Waals surface area contributed by atoms with Gasteiger partial charge in [-0.25, -0.2) is 4.98 Å². The van der Waals surface area contributed by atoms with E-state index in [2.05, 4.69) is 20.5 Å². The molecule has 0 bridgehead atoms. The molecule has 20 heavy (non-hydrogen) atoms. The van der Waals surface area contributed by atoms with Crippen molar-refractivity contribution < 1.29 is 4.79 Å². The third-order valence-corrected chi connectivity index (χ3v) is 4.36. The molecule has 0 aromatic carbocycles. The van der Waals surface area contributed by atoms with E-state index in [4.69, 9.17) is 23.2 Å². The number of aromatic nitrogens is 3. The van der Waals surface area contributed by atoms with Gasteiger partial charge in [-0.05, 0) is 26.8 Å². The van der Waals surface area contributed by atoms with Gasteiger partial charge in [-0.15, -0.1) is 21.5 Å². The van der Waals surface area contributed by atoms with Crippen molar-refractivity contribution in [2.45, 2.75) is 26.8 Å². The molecular weight excluding hydrogens is 319 g/mol. The van der Waals surface area contributed by atoms with Gasteiger partial charge in [0.2, 0.25) is 0 Å². The molecule has 0 saturated carbocycles. The Balaban J connectivity index is 2.19. The molecule has 1 unspecified atom stereocenters. The van der Waals surface area contributed by atoms with Gasteiger partial charge >= 0.3 is 0 Å². The molecule has 0 aliphatic heterocycles. The fourth-order valence-electron chi connectivity index (χ4n) is 1.80. The van der Waals surface area contributed by atoms with Crippen molar-refractivity contribution in [2.24, 2.45) is 0 Å². The average Bonchev–Trinajstić information content (AvgIpc) is 2.71. The van der Waals surface area contributed by atoms with Gasteiger partial charge in [0.25, 0.3) is 5.91 Å². The van der Waals surface area contributed by atoms with Crippen LogP contribution in [0.25, 0.3) is 0 Å². The third-order valence-electron chi connectivity index (χ3n) is 2.64. The molecule has 1 N–H and O–H groups in total. The lowest BCUT2D eigenvalue weighted by Gasteiger charge is -2.13. The molecule has 1 atom stereocenters. The number of hydrogen-bond donors (Lipinski definition) is 1. The normalized spacial score (nSPS) is 12.2. The van der Waals surface area contributed by atoms with Crippen LogP contribution in [0.1, 0.15) is 38.9 Å². The number of amides is 1. The van der Waals surface area contributed by atoms with Gasteiger partial charge < -0.3 is 5.32 Å². The molecule has 5 nitrogen and oxygen atoms in total. The van der Waals surface area contributed by atoms with Gasteiger partial charge in [0, 0.05) is 4.88 Å². The van der Waals surface area contributed by atoms with Crippen molar-refractivity contribution in [2.75, 3.05) is 0 Å². The first-order chi connectivity index (χ1) is 9.38. The number of halogens is 2. The Morgan fingerprint density at radius 1 is 1.35 bits per heavy atom. The van der Waals surface area contributed by atoms with E-state index >= 15 is 0 Å². The Morgan fingerprint density at radius 2 is 2.05 bits per heavy atom. The summed E-state index contributed by atoms with van der Waals surface area (Å²) in [7, 11) is 0. The van der Waals surface area contributed by atoms with Crippen LogP contribution in [0.5, 0.6) is 0 Å². The summed E-state index contributed by atoms with van der Waals surface area (Å²) in [5.74, 6) is -0.343. The molecule has 0 aliphatic carbocycles. The summed E-state index contributed by atoms with van der Waals surface area (Å²) in [6, 6.07) is 1.22. The van der Waals surface area contributed by atoms with Gasteiger partial charge in [0.05, 0.1) is 22.3 Å². The predicted molar refractivity (Wildman–Crippen MR) is 79.5 cm³/mol. The highest BCUT2D eigenvalue weighted by Crippen LogP contribution is 2.25. The topological polar surface area (TPSA) is 67.8 Å². The molecule has 2 aromatic rings. The number of nitrogens with zero attached hydrogens (tertiary/aromatic N) is 3. The maximum Gasteiger partial charge on any atom is 0.255 e. The number of carbonyl (C=O) groups is 1. The molecular formula is C12H12Cl2N4OS. The molecule has 1 amide bonds. The van der Waals surface area contributed by atoms with Crippen LogP contribution in [0.15, 0.2) is 6.07 Å². The van der Waals surface area contributed by atoms with E-state index in [0.29, 0.717) is 0 Å². The summed E-state index contributed by atoms with van der Waals surface area (Å²) in [5.41, 5.74) is 1.12. The average molecular weight is 331 g/mol. The first kappa shape index (κ1) is 15.2. The number of aryl methyl sites for hydroxylation is 2. The van der Waals surface area contributed by atoms with Gasteiger partial charge in [-0.1, -0.05) is 23.2 Å². The summed E-state index contributed by atoms with van der Waals surface area (Å²) in [4.78, 5) is 17.5. The van der Waals surface area contributed by atoms with Crippen LogP contribution in [0.4, 0.5) is 0 Å². The lowest BCUT2D eigenvalue weighted by molar-refractivity contribution is 0.0940. The van der Waals surface area contributed by atoms with Crippen LogP contribution in [-0.4, -0.2) is 21.1 Å². The minimum absolute atomic E-state index is 0.0244. The van der Waals surface area contributed by atoms with Crippen molar-refractivity contribution in [1.82, 2.24) is 20.5 Å². The largest absolute Gasteiger partial charge is 0.345 e. The number of rotatable bonds is 3. The van der Waals surface area contributed by atoms with Crippen LogP contribution >= 0.6 is 34.5 Å². The molecule has 106 valence electrons. The summed E-state index contributed by atoms with van der Waals surface area (Å²) in [6.07, 6.45) is 0. The second kappa shape index (κ2) is 6.03. The van der Waals surface area contributed by atoms with E-state index in [0.717, 1.165) is 15.6 Å². The fourth-order valence-corrected chi connectivity index (χ4v) is 3.06. The Bertz CT molecular complexity index is 659. The fraction of sp³-hybridized carbons (Fsp3) is 0.333. The first-order valence-corrected chi connectivity index (χ1v) is 7.39. The molecule has 0 saturated heterocycles. The minimum atomic E-state index is -0.343. The Morgan fingerprint density at radius 3 is 2.65 bits per heavy atom. The van der Waals surface area contributed by atoms with Gasteiger partial charge in [-0.2, -0.15) is 0 Å². The van der Waals surface area contributed by atoms with Crippen LogP contribution in [0.3, 0.4) is 0 Å². The van der Waals surface area contributed by atoms with E-state index < -0.39 is 0 Å². The van der Waals surface area contributed by atoms with E-state index in [9.17, 15) is 4.79 Å². The highest BCUT2D eigenvalue weighted by atomic mass is 35.5. The summed E-state index contributed by atoms with van der Waals surface area (Å²) >= 11 is 13.1. The van der Waals surface area contributed by atoms with Crippen LogP contribution in [0, 0.1) is 13.8 Å². The first-order valence-electron chi connectivity index (χ1n) is 5.82. The third kappa shape index (κ3) is 3.26. The zero-order valence-electron chi connectivity index (χ0n) is 11.1. The Kier molecular flexibility index (Phi) is 4.57. The molecule has 0 aliphatic rings. The molecule has 0 radical (unpaired) electrons. The Hall–Kier alpha value is -1.24. The van der Waals surface area contributed by atoms with Gasteiger partial charge in [0.1, 0.15) is 0 Å². The van der Waals surface area contributed by atoms with E-state index in [1.807, 2.05) is 20.8 Å². The number of carbonyl (C=O) groups excluding carboxylic acids is 1. The van der Waals surface area contributed by atoms with Crippen molar-refractivity contribution in [3.05, 3.63) is 37.5 Å². The van der Waals surface area contributed by atoms with Crippen molar-refractivity contribution in [3.63, 3.8) is 0 Å². The van der Waals surface area contributed by atoms with Crippen LogP contribution < -0.4 is 5.32 Å². The van der Waals surface area contributed by atoms with E-state index in [1.165, 1.54) is 6.07 Å². The Labute approximate surface area is 130 Å². The van der Waals surface area contributed by atoms with Crippen LogP contribution in [-0.2, 0) is 0 Å². The zero-order chi connectivity index (χ0) is 14.9. The SMILES string of the molecule is Cc1nc(C)c(C(C)NC(=O)c2cc(Cl)nnc2Cl)s1. The smallest absolute Gasteiger partial charge is 0.255 e. The number of hydrogen-bond acceptors (Lipinski definition) is 5. The molecule has 2 heterocycles. The summed E-state index contributed by atoms with van der Waals surface area (Å²) in [6.45, 7) is 5.74. The van der Waals surface area contributed by atoms with Gasteiger partial charge in [0.15, 0.2) is 10.3 Å². The quantitative estimate of drug-likeness (QED) is 0.936. The monoisotopic (exact) mass is 330 g/mol. The second-order valence-corrected chi connectivity index (χ2v) is 6.23. The highest BCUT2D eigenvalue weighted by Gasteiger charge is 2.19. The van der Waals surface area contributed by atoms with E-state index in [1.54, 1.807) is 11.3 Å². The van der Waals surface area contributed by atoms with E-state index in [-0.39, 0.29) is 27.8 Å². The van der Waals surface area contributed by atoms with Gasteiger partial charge in [-0.3, -0.25) is 4.79 Å². The maximum absolute atomic E-state index is 12.2. The molecule has 2 rings (SSSR count). The molecule has 2 aromatic heterocycles. The maximum atomic E-state index is 12.2. The highest BCUT2D eigenvalue weighted by molar-refractivity contribution is 7.11. The predicted octanol–water partition coefficient (Wildman–Crippen LogP) is 3.35. The molecule has 8 heteroatoms. The second-order valence-electron chi connectivity index (χ2n) is 4.25. The summed E-state index contributed by atoms with van der Waals surface area (Å²) < 4.78 is 0. The van der Waals surface area contributed by atoms with Crippen LogP contribution in [0.2, 0.25) is 10.3 Å². The lowest BCUT2D eigenvalue weighted by atomic mass is 10.2. The van der Waals surface area contributed by atoms with Crippen molar-refractivity contribution in [1.29, 1.82) is 0 Å². The lowest BCUT2D eigenvalue weighted by Crippen LogP contribution is -2.27. The molecule has 0 spiro atoms. The number of nitrogens with one attached hydrogen (secondary N) is 1. The number of thiazole rings is 1. The minimum Gasteiger partial charge on any atom is -0.345 e. The molecule has 0 fully saturated rings.